The number of phenols is 1. The molecule has 1 aromatic carbocycles. The molecular weight excluding hydrogens is 336 g/mol. The number of hydrogen-bond acceptors (Lipinski definition) is 6. The van der Waals surface area contributed by atoms with E-state index in [1.54, 1.807) is 19.1 Å². The molecule has 1 aromatic heterocycles. The maximum Gasteiger partial charge on any atom is 0.271 e. The maximum atomic E-state index is 12.6. The number of β-amino-alcohol motifs (C(OH)–C–C–N with tert-alkyl or cyclic N) is 1. The molecule has 1 aliphatic rings. The zero-order chi connectivity index (χ0) is 18.7. The van der Waals surface area contributed by atoms with Crippen molar-refractivity contribution in [3.8, 4) is 5.75 Å². The first kappa shape index (κ1) is 17.8. The summed E-state index contributed by atoms with van der Waals surface area (Å²) in [6, 6.07) is 4.27. The van der Waals surface area contributed by atoms with E-state index in [9.17, 15) is 19.8 Å². The molecule has 8 nitrogen and oxygen atoms in total. The van der Waals surface area contributed by atoms with Gasteiger partial charge in [-0.1, -0.05) is 6.07 Å². The van der Waals surface area contributed by atoms with E-state index in [2.05, 4.69) is 15.3 Å². The smallest absolute Gasteiger partial charge is 0.271 e. The first-order valence-electron chi connectivity index (χ1n) is 8.29. The number of aromatic hydroxyl groups is 1. The van der Waals surface area contributed by atoms with Crippen LogP contribution in [0.3, 0.4) is 0 Å². The van der Waals surface area contributed by atoms with Gasteiger partial charge >= 0.3 is 0 Å². The quantitative estimate of drug-likeness (QED) is 0.737. The van der Waals surface area contributed by atoms with Crippen molar-refractivity contribution >= 4 is 11.8 Å². The number of hydrogen-bond donors (Lipinski definition) is 3. The van der Waals surface area contributed by atoms with Crippen molar-refractivity contribution < 1.29 is 19.8 Å². The van der Waals surface area contributed by atoms with Gasteiger partial charge < -0.3 is 20.4 Å². The average Bonchev–Trinajstić information content (AvgIpc) is 2.65. The Hall–Kier alpha value is -3.00. The number of aryl methyl sites for hydroxylation is 1. The van der Waals surface area contributed by atoms with Gasteiger partial charge in [0.15, 0.2) is 0 Å². The summed E-state index contributed by atoms with van der Waals surface area (Å²) in [6.45, 7) is 2.23. The molecule has 0 aliphatic carbocycles. The Bertz CT molecular complexity index is 812. The fraction of sp³-hybridized carbons (Fsp3) is 0.333. The van der Waals surface area contributed by atoms with E-state index < -0.39 is 18.1 Å². The fourth-order valence-corrected chi connectivity index (χ4v) is 2.87. The molecule has 1 fully saturated rings. The topological polar surface area (TPSA) is 116 Å². The maximum absolute atomic E-state index is 12.6. The average molecular weight is 356 g/mol. The predicted molar refractivity (Wildman–Crippen MR) is 92.7 cm³/mol. The number of nitrogens with zero attached hydrogens (tertiary/aromatic N) is 3. The summed E-state index contributed by atoms with van der Waals surface area (Å²) >= 11 is 0. The SMILES string of the molecule is Cc1ccc(C(=O)N2CC[C@@H](NC(=O)c3cnccn3)[C@H](O)C2)cc1O. The van der Waals surface area contributed by atoms with Crippen molar-refractivity contribution in [2.45, 2.75) is 25.5 Å². The standard InChI is InChI=1S/C18H20N4O4/c1-11-2-3-12(8-15(11)23)18(26)22-7-4-13(16(24)10-22)21-17(25)14-9-19-5-6-20-14/h2-3,5-6,8-9,13,16,23-24H,4,7,10H2,1H3,(H,21,25)/t13-,16-/m1/s1. The molecule has 0 unspecified atom stereocenters. The van der Waals surface area contributed by atoms with Gasteiger partial charge in [-0.2, -0.15) is 0 Å². The van der Waals surface area contributed by atoms with E-state index in [0.29, 0.717) is 24.1 Å². The van der Waals surface area contributed by atoms with Crippen LogP contribution < -0.4 is 5.32 Å². The van der Waals surface area contributed by atoms with Gasteiger partial charge in [0.2, 0.25) is 0 Å². The highest BCUT2D eigenvalue weighted by Crippen LogP contribution is 2.20. The zero-order valence-corrected chi connectivity index (χ0v) is 14.3. The Kier molecular flexibility index (Phi) is 5.13. The molecule has 1 saturated heterocycles. The Morgan fingerprint density at radius 2 is 2.12 bits per heavy atom. The van der Waals surface area contributed by atoms with Gasteiger partial charge in [-0.25, -0.2) is 4.98 Å². The summed E-state index contributed by atoms with van der Waals surface area (Å²) in [6.07, 6.45) is 3.76. The normalized spacial score (nSPS) is 19.8. The number of likely N-dealkylation sites (tertiary alicyclic amines) is 1. The first-order chi connectivity index (χ1) is 12.5. The van der Waals surface area contributed by atoms with E-state index in [-0.39, 0.29) is 23.9 Å². The van der Waals surface area contributed by atoms with Gasteiger partial charge in [0, 0.05) is 31.0 Å². The summed E-state index contributed by atoms with van der Waals surface area (Å²) < 4.78 is 0. The third-order valence-electron chi connectivity index (χ3n) is 4.44. The van der Waals surface area contributed by atoms with Crippen molar-refractivity contribution in [2.24, 2.45) is 0 Å². The highest BCUT2D eigenvalue weighted by atomic mass is 16.3. The van der Waals surface area contributed by atoms with Crippen molar-refractivity contribution in [2.75, 3.05) is 13.1 Å². The monoisotopic (exact) mass is 356 g/mol. The number of amides is 2. The molecular formula is C18H20N4O4. The summed E-state index contributed by atoms with van der Waals surface area (Å²) in [5.41, 5.74) is 1.22. The van der Waals surface area contributed by atoms with Crippen LogP contribution in [0.2, 0.25) is 0 Å². The second-order valence-corrected chi connectivity index (χ2v) is 6.28. The number of piperidine rings is 1. The highest BCUT2D eigenvalue weighted by molar-refractivity contribution is 5.95. The van der Waals surface area contributed by atoms with Crippen molar-refractivity contribution in [1.82, 2.24) is 20.2 Å². The molecule has 0 radical (unpaired) electrons. The Labute approximate surface area is 150 Å². The Balaban J connectivity index is 1.62. The highest BCUT2D eigenvalue weighted by Gasteiger charge is 2.32. The lowest BCUT2D eigenvalue weighted by molar-refractivity contribution is 0.0314. The number of phenolic OH excluding ortho intramolecular Hbond substituents is 1. The van der Waals surface area contributed by atoms with Crippen LogP contribution in [-0.4, -0.2) is 62.1 Å². The first-order valence-corrected chi connectivity index (χ1v) is 8.29. The number of aromatic nitrogens is 2. The van der Waals surface area contributed by atoms with Gasteiger partial charge in [0.25, 0.3) is 11.8 Å². The lowest BCUT2D eigenvalue weighted by atomic mass is 10.0. The van der Waals surface area contributed by atoms with Crippen LogP contribution in [0.5, 0.6) is 5.75 Å². The minimum absolute atomic E-state index is 0.0579. The third-order valence-corrected chi connectivity index (χ3v) is 4.44. The molecule has 2 atom stereocenters. The minimum atomic E-state index is -0.896. The molecule has 0 saturated carbocycles. The second-order valence-electron chi connectivity index (χ2n) is 6.28. The summed E-state index contributed by atoms with van der Waals surface area (Å²) in [5, 5.41) is 22.8. The molecule has 2 aromatic rings. The number of benzene rings is 1. The van der Waals surface area contributed by atoms with E-state index in [1.807, 2.05) is 0 Å². The lowest BCUT2D eigenvalue weighted by Gasteiger charge is -2.36. The summed E-state index contributed by atoms with van der Waals surface area (Å²) in [5.74, 6) is -0.619. The van der Waals surface area contributed by atoms with Crippen LogP contribution in [-0.2, 0) is 0 Å². The minimum Gasteiger partial charge on any atom is -0.508 e. The molecule has 2 amide bonds. The van der Waals surface area contributed by atoms with Gasteiger partial charge in [0.1, 0.15) is 11.4 Å². The van der Waals surface area contributed by atoms with E-state index in [4.69, 9.17) is 0 Å². The third kappa shape index (κ3) is 3.80. The zero-order valence-electron chi connectivity index (χ0n) is 14.3. The van der Waals surface area contributed by atoms with Crippen LogP contribution in [0.15, 0.2) is 36.8 Å². The number of aliphatic hydroxyl groups is 1. The molecule has 0 spiro atoms. The van der Waals surface area contributed by atoms with Gasteiger partial charge in [-0.3, -0.25) is 14.6 Å². The van der Waals surface area contributed by atoms with Crippen molar-refractivity contribution in [1.29, 1.82) is 0 Å². The number of rotatable bonds is 3. The summed E-state index contributed by atoms with van der Waals surface area (Å²) in [7, 11) is 0. The molecule has 136 valence electrons. The molecule has 3 N–H and O–H groups in total. The predicted octanol–water partition coefficient (Wildman–Crippen LogP) is 0.496. The molecule has 2 heterocycles. The summed E-state index contributed by atoms with van der Waals surface area (Å²) in [4.78, 5) is 34.0. The van der Waals surface area contributed by atoms with Gasteiger partial charge in [-0.15, -0.1) is 0 Å². The van der Waals surface area contributed by atoms with Crippen molar-refractivity contribution in [3.63, 3.8) is 0 Å². The second kappa shape index (κ2) is 7.49. The fourth-order valence-electron chi connectivity index (χ4n) is 2.87. The van der Waals surface area contributed by atoms with E-state index >= 15 is 0 Å². The van der Waals surface area contributed by atoms with Crippen molar-refractivity contribution in [3.05, 3.63) is 53.6 Å². The van der Waals surface area contributed by atoms with Gasteiger partial charge in [0.05, 0.1) is 18.3 Å². The molecule has 26 heavy (non-hydrogen) atoms. The number of carbonyl (C=O) groups is 2. The van der Waals surface area contributed by atoms with Crippen LogP contribution in [0.1, 0.15) is 32.8 Å². The molecule has 3 rings (SSSR count). The van der Waals surface area contributed by atoms with Gasteiger partial charge in [-0.05, 0) is 31.0 Å². The van der Waals surface area contributed by atoms with Crippen LogP contribution in [0.25, 0.3) is 0 Å². The van der Waals surface area contributed by atoms with Crippen LogP contribution in [0, 0.1) is 6.92 Å². The molecule has 0 bridgehead atoms. The number of aliphatic hydroxyl groups excluding tert-OH is 1. The molecule has 1 aliphatic heterocycles. The van der Waals surface area contributed by atoms with E-state index in [0.717, 1.165) is 0 Å². The Morgan fingerprint density at radius 3 is 2.77 bits per heavy atom. The van der Waals surface area contributed by atoms with E-state index in [1.165, 1.54) is 29.6 Å². The number of carbonyl (C=O) groups excluding carboxylic acids is 2. The Morgan fingerprint density at radius 1 is 1.31 bits per heavy atom. The van der Waals surface area contributed by atoms with Crippen LogP contribution in [0.4, 0.5) is 0 Å². The number of nitrogens with one attached hydrogen (secondary N) is 1. The lowest BCUT2D eigenvalue weighted by Crippen LogP contribution is -2.55. The largest absolute Gasteiger partial charge is 0.508 e. The molecule has 8 heteroatoms. The van der Waals surface area contributed by atoms with Crippen LogP contribution >= 0.6 is 0 Å².